The summed E-state index contributed by atoms with van der Waals surface area (Å²) in [5, 5.41) is 9.46. The summed E-state index contributed by atoms with van der Waals surface area (Å²) in [6.07, 6.45) is -3.69. The highest BCUT2D eigenvalue weighted by Gasteiger charge is 2.37. The predicted molar refractivity (Wildman–Crippen MR) is 146 cm³/mol. The van der Waals surface area contributed by atoms with E-state index in [4.69, 9.17) is 9.47 Å². The number of benzene rings is 3. The molecule has 0 radical (unpaired) electrons. The van der Waals surface area contributed by atoms with Gasteiger partial charge in [0.1, 0.15) is 29.5 Å². The molecule has 0 amide bonds. The van der Waals surface area contributed by atoms with E-state index in [2.05, 4.69) is 4.98 Å². The van der Waals surface area contributed by atoms with Crippen molar-refractivity contribution in [3.8, 4) is 5.75 Å². The maximum absolute atomic E-state index is 15.4. The molecule has 1 saturated heterocycles. The Balaban J connectivity index is 1.32. The standard InChI is InChI=1S/C31H28F5N3O4/c1-17-23-13-26(43-16-18-2-4-20(32)5-3-18)24(31(34,35)36)12-19(23)8-10-38(17)15-27-37-25-7-6-22(30(40)41)28(33)29(25)39(27)14-21-9-11-42-21/h2-7,12-13,17,21H,8-11,14-16H2,1H3,(H,40,41)/t17-,21-/m0/s1. The third kappa shape index (κ3) is 5.68. The minimum Gasteiger partial charge on any atom is -0.488 e. The summed E-state index contributed by atoms with van der Waals surface area (Å²) in [4.78, 5) is 18.3. The Morgan fingerprint density at radius 1 is 1.14 bits per heavy atom. The number of carboxylic acid groups (broad SMARTS) is 1. The smallest absolute Gasteiger partial charge is 0.419 e. The zero-order chi connectivity index (χ0) is 30.5. The molecule has 2 aliphatic rings. The first-order valence-corrected chi connectivity index (χ1v) is 13.9. The SMILES string of the molecule is C[C@H]1c2cc(OCc3ccc(F)cc3)c(C(F)(F)F)cc2CCN1Cc1nc2ccc(C(=O)O)c(F)c2n1C[C@@H]1CCO1. The molecular weight excluding hydrogens is 573 g/mol. The first-order chi connectivity index (χ1) is 20.5. The Hall–Kier alpha value is -4.03. The van der Waals surface area contributed by atoms with E-state index in [0.29, 0.717) is 54.1 Å². The van der Waals surface area contributed by atoms with E-state index in [1.54, 1.807) is 4.57 Å². The lowest BCUT2D eigenvalue weighted by molar-refractivity contribution is -0.139. The van der Waals surface area contributed by atoms with Gasteiger partial charge in [-0.15, -0.1) is 0 Å². The Morgan fingerprint density at radius 3 is 2.53 bits per heavy atom. The van der Waals surface area contributed by atoms with Gasteiger partial charge in [0.25, 0.3) is 0 Å². The van der Waals surface area contributed by atoms with Crippen LogP contribution in [0.25, 0.3) is 11.0 Å². The van der Waals surface area contributed by atoms with Crippen LogP contribution in [0.5, 0.6) is 5.75 Å². The Labute approximate surface area is 243 Å². The van der Waals surface area contributed by atoms with E-state index >= 15 is 4.39 Å². The number of carboxylic acids is 1. The number of aromatic carboxylic acids is 1. The molecule has 43 heavy (non-hydrogen) atoms. The summed E-state index contributed by atoms with van der Waals surface area (Å²) >= 11 is 0. The van der Waals surface area contributed by atoms with Crippen LogP contribution in [0.15, 0.2) is 48.5 Å². The van der Waals surface area contributed by atoms with E-state index in [1.807, 2.05) is 11.8 Å². The van der Waals surface area contributed by atoms with Gasteiger partial charge in [0.05, 0.1) is 35.8 Å². The van der Waals surface area contributed by atoms with Gasteiger partial charge >= 0.3 is 12.1 Å². The van der Waals surface area contributed by atoms with Gasteiger partial charge in [0, 0.05) is 19.2 Å². The van der Waals surface area contributed by atoms with Crippen molar-refractivity contribution < 1.29 is 41.3 Å². The molecule has 0 saturated carbocycles. The summed E-state index contributed by atoms with van der Waals surface area (Å²) in [5.74, 6) is -2.53. The van der Waals surface area contributed by atoms with Crippen LogP contribution in [-0.2, 0) is 37.0 Å². The number of hydrogen-bond acceptors (Lipinski definition) is 5. The van der Waals surface area contributed by atoms with Crippen molar-refractivity contribution >= 4 is 17.0 Å². The number of rotatable bonds is 8. The molecule has 2 aliphatic heterocycles. The predicted octanol–water partition coefficient (Wildman–Crippen LogP) is 6.52. The fourth-order valence-electron chi connectivity index (χ4n) is 5.72. The first-order valence-electron chi connectivity index (χ1n) is 13.9. The molecule has 0 bridgehead atoms. The van der Waals surface area contributed by atoms with Gasteiger partial charge in [-0.25, -0.2) is 18.6 Å². The fraction of sp³-hybridized carbons (Fsp3) is 0.355. The van der Waals surface area contributed by atoms with Gasteiger partial charge in [-0.3, -0.25) is 4.90 Å². The lowest BCUT2D eigenvalue weighted by Gasteiger charge is -2.36. The molecular formula is C31H28F5N3O4. The average Bonchev–Trinajstić information content (AvgIpc) is 3.28. The van der Waals surface area contributed by atoms with E-state index in [1.165, 1.54) is 42.5 Å². The second-order valence-electron chi connectivity index (χ2n) is 10.9. The molecule has 1 fully saturated rings. The number of carbonyl (C=O) groups is 1. The quantitative estimate of drug-likeness (QED) is 0.232. The molecule has 6 rings (SSSR count). The topological polar surface area (TPSA) is 76.8 Å². The largest absolute Gasteiger partial charge is 0.488 e. The van der Waals surface area contributed by atoms with Crippen molar-refractivity contribution in [3.05, 3.63) is 93.8 Å². The number of fused-ring (bicyclic) bond motifs is 2. The Kier molecular flexibility index (Phi) is 7.59. The number of halogens is 5. The highest BCUT2D eigenvalue weighted by atomic mass is 19.4. The Bertz CT molecular complexity index is 1680. The molecule has 0 spiro atoms. The van der Waals surface area contributed by atoms with Gasteiger partial charge in [0.15, 0.2) is 5.82 Å². The Morgan fingerprint density at radius 2 is 1.88 bits per heavy atom. The molecule has 2 atom stereocenters. The number of ether oxygens (including phenoxy) is 2. The molecule has 3 heterocycles. The van der Waals surface area contributed by atoms with Crippen molar-refractivity contribution in [1.82, 2.24) is 14.5 Å². The van der Waals surface area contributed by atoms with E-state index in [0.717, 1.165) is 12.5 Å². The van der Waals surface area contributed by atoms with Crippen LogP contribution >= 0.6 is 0 Å². The van der Waals surface area contributed by atoms with E-state index in [-0.39, 0.29) is 36.6 Å². The third-order valence-corrected chi connectivity index (χ3v) is 8.20. The van der Waals surface area contributed by atoms with Crippen LogP contribution < -0.4 is 4.74 Å². The zero-order valence-electron chi connectivity index (χ0n) is 23.1. The minimum atomic E-state index is -4.64. The van der Waals surface area contributed by atoms with Crippen LogP contribution in [0.2, 0.25) is 0 Å². The minimum absolute atomic E-state index is 0.0850. The van der Waals surface area contributed by atoms with E-state index < -0.39 is 34.9 Å². The number of nitrogens with zero attached hydrogens (tertiary/aromatic N) is 3. The molecule has 1 N–H and O–H groups in total. The fourth-order valence-corrected chi connectivity index (χ4v) is 5.72. The summed E-state index contributed by atoms with van der Waals surface area (Å²) in [7, 11) is 0. The van der Waals surface area contributed by atoms with Crippen molar-refractivity contribution in [2.75, 3.05) is 13.2 Å². The lowest BCUT2D eigenvalue weighted by Crippen LogP contribution is -2.36. The van der Waals surface area contributed by atoms with Crippen molar-refractivity contribution in [2.45, 2.75) is 57.8 Å². The van der Waals surface area contributed by atoms with Crippen LogP contribution in [0.4, 0.5) is 22.0 Å². The van der Waals surface area contributed by atoms with Crippen molar-refractivity contribution in [3.63, 3.8) is 0 Å². The third-order valence-electron chi connectivity index (χ3n) is 8.20. The van der Waals surface area contributed by atoms with E-state index in [9.17, 15) is 27.5 Å². The lowest BCUT2D eigenvalue weighted by atomic mass is 9.91. The summed E-state index contributed by atoms with van der Waals surface area (Å²) < 4.78 is 83.6. The monoisotopic (exact) mass is 601 g/mol. The molecule has 226 valence electrons. The number of hydrogen-bond donors (Lipinski definition) is 1. The van der Waals surface area contributed by atoms with Crippen molar-refractivity contribution in [2.24, 2.45) is 0 Å². The summed E-state index contributed by atoms with van der Waals surface area (Å²) in [5.41, 5.74) is 0.811. The van der Waals surface area contributed by atoms with Gasteiger partial charge < -0.3 is 19.1 Å². The van der Waals surface area contributed by atoms with Crippen LogP contribution in [0.1, 0.15) is 57.8 Å². The second kappa shape index (κ2) is 11.2. The van der Waals surface area contributed by atoms with Gasteiger partial charge in [-0.2, -0.15) is 13.2 Å². The normalized spacial score (nSPS) is 18.8. The number of alkyl halides is 3. The van der Waals surface area contributed by atoms with Gasteiger partial charge in [-0.1, -0.05) is 12.1 Å². The molecule has 1 aromatic heterocycles. The first kappa shape index (κ1) is 29.1. The highest BCUT2D eigenvalue weighted by Crippen LogP contribution is 2.42. The van der Waals surface area contributed by atoms with Crippen LogP contribution in [-0.4, -0.2) is 44.8 Å². The maximum atomic E-state index is 15.4. The summed E-state index contributed by atoms with van der Waals surface area (Å²) in [6, 6.07) is 10.2. The highest BCUT2D eigenvalue weighted by molar-refractivity contribution is 5.93. The molecule has 0 aliphatic carbocycles. The average molecular weight is 602 g/mol. The maximum Gasteiger partial charge on any atom is 0.419 e. The molecule has 7 nitrogen and oxygen atoms in total. The van der Waals surface area contributed by atoms with Gasteiger partial charge in [-0.05, 0) is 72.9 Å². The molecule has 3 aromatic carbocycles. The zero-order valence-corrected chi connectivity index (χ0v) is 23.1. The van der Waals surface area contributed by atoms with Gasteiger partial charge in [0.2, 0.25) is 0 Å². The summed E-state index contributed by atoms with van der Waals surface area (Å²) in [6.45, 7) is 3.25. The molecule has 0 unspecified atom stereocenters. The molecule has 12 heteroatoms. The van der Waals surface area contributed by atoms with Crippen LogP contribution in [0, 0.1) is 11.6 Å². The molecule has 4 aromatic rings. The number of aromatic nitrogens is 2. The van der Waals surface area contributed by atoms with Crippen molar-refractivity contribution in [1.29, 1.82) is 0 Å². The second-order valence-corrected chi connectivity index (χ2v) is 10.9. The number of imidazole rings is 1. The van der Waals surface area contributed by atoms with Crippen LogP contribution in [0.3, 0.4) is 0 Å².